The number of carbonyl (C=O) groups excluding carboxylic acids is 1. The minimum Gasteiger partial charge on any atom is -0.488 e. The lowest BCUT2D eigenvalue weighted by Gasteiger charge is -2.18. The molecule has 0 N–H and O–H groups in total. The molecule has 0 saturated carbocycles. The number of hydrogen-bond donors (Lipinski definition) is 0. The Hall–Kier alpha value is -2.62. The van der Waals surface area contributed by atoms with Crippen LogP contribution in [0.2, 0.25) is 5.02 Å². The molecule has 8 nitrogen and oxygen atoms in total. The minimum absolute atomic E-state index is 0.110. The highest BCUT2D eigenvalue weighted by molar-refractivity contribution is 7.89. The number of fused-ring (bicyclic) bond motifs is 1. The monoisotopic (exact) mass is 493 g/mol. The summed E-state index contributed by atoms with van der Waals surface area (Å²) in [5.74, 6) is 0.846. The molecule has 1 aromatic heterocycles. The molecule has 0 radical (unpaired) electrons. The van der Waals surface area contributed by atoms with Crippen LogP contribution < -0.4 is 4.74 Å². The number of sulfonamides is 1. The molecule has 3 aromatic rings. The maximum atomic E-state index is 12.8. The van der Waals surface area contributed by atoms with Crippen LogP contribution in [0.25, 0.3) is 11.0 Å². The van der Waals surface area contributed by atoms with Crippen LogP contribution in [-0.4, -0.2) is 54.5 Å². The van der Waals surface area contributed by atoms with E-state index in [1.165, 1.54) is 4.31 Å². The molecule has 10 heteroatoms. The first-order valence-corrected chi connectivity index (χ1v) is 12.6. The van der Waals surface area contributed by atoms with Gasteiger partial charge in [0.05, 0.1) is 27.4 Å². The van der Waals surface area contributed by atoms with E-state index in [1.807, 2.05) is 17.7 Å². The summed E-state index contributed by atoms with van der Waals surface area (Å²) in [6.45, 7) is 4.72. The number of benzene rings is 2. The van der Waals surface area contributed by atoms with Crippen LogP contribution in [0.15, 0.2) is 47.4 Å². The summed E-state index contributed by atoms with van der Waals surface area (Å²) in [6, 6.07) is 12.0. The fraction of sp³-hybridized carbons (Fsp3) is 0.391. The van der Waals surface area contributed by atoms with Gasteiger partial charge in [-0.05, 0) is 30.3 Å². The molecule has 1 heterocycles. The molecule has 2 aromatic carbocycles. The summed E-state index contributed by atoms with van der Waals surface area (Å²) >= 11 is 6.02. The van der Waals surface area contributed by atoms with Gasteiger partial charge in [-0.25, -0.2) is 13.4 Å². The standard InChI is InChI=1S/C23H28ClN3O5S/c1-4-27(5-2)33(29,30)17-10-11-20-19(16-17)25-22(26(20)3)12-13-23(28)32-15-14-31-21-9-7-6-8-18(21)24/h6-11,16H,4-5,12-15H2,1-3H3. The molecule has 0 aliphatic rings. The van der Waals surface area contributed by atoms with Gasteiger partial charge >= 0.3 is 5.97 Å². The average Bonchev–Trinajstić information content (AvgIpc) is 3.12. The normalized spacial score (nSPS) is 11.8. The molecule has 178 valence electrons. The number of nitrogens with zero attached hydrogens (tertiary/aromatic N) is 3. The van der Waals surface area contributed by atoms with Crippen molar-refractivity contribution in [3.63, 3.8) is 0 Å². The van der Waals surface area contributed by atoms with Crippen molar-refractivity contribution in [3.8, 4) is 5.75 Å². The second-order valence-electron chi connectivity index (χ2n) is 7.33. The van der Waals surface area contributed by atoms with E-state index in [2.05, 4.69) is 4.98 Å². The molecule has 0 spiro atoms. The van der Waals surface area contributed by atoms with Gasteiger partial charge in [0.25, 0.3) is 0 Å². The van der Waals surface area contributed by atoms with Crippen LogP contribution in [0.3, 0.4) is 0 Å². The number of aromatic nitrogens is 2. The van der Waals surface area contributed by atoms with Gasteiger partial charge in [0.2, 0.25) is 10.0 Å². The van der Waals surface area contributed by atoms with Crippen LogP contribution in [0.4, 0.5) is 0 Å². The Kier molecular flexibility index (Phi) is 8.34. The van der Waals surface area contributed by atoms with Crippen molar-refractivity contribution in [3.05, 3.63) is 53.3 Å². The highest BCUT2D eigenvalue weighted by Crippen LogP contribution is 2.24. The Labute approximate surface area is 199 Å². The van der Waals surface area contributed by atoms with E-state index in [0.717, 1.165) is 5.52 Å². The van der Waals surface area contributed by atoms with Crippen molar-refractivity contribution in [1.29, 1.82) is 0 Å². The Morgan fingerprint density at radius 2 is 1.85 bits per heavy atom. The molecular formula is C23H28ClN3O5S. The molecule has 33 heavy (non-hydrogen) atoms. The van der Waals surface area contributed by atoms with Crippen molar-refractivity contribution in [2.75, 3.05) is 26.3 Å². The fourth-order valence-corrected chi connectivity index (χ4v) is 5.15. The highest BCUT2D eigenvalue weighted by atomic mass is 35.5. The molecule has 0 unspecified atom stereocenters. The van der Waals surface area contributed by atoms with Gasteiger partial charge in [-0.3, -0.25) is 4.79 Å². The minimum atomic E-state index is -3.57. The second kappa shape index (κ2) is 11.0. The van der Waals surface area contributed by atoms with E-state index in [-0.39, 0.29) is 30.5 Å². The third-order valence-corrected chi connectivity index (χ3v) is 7.64. The van der Waals surface area contributed by atoms with Crippen molar-refractivity contribution in [1.82, 2.24) is 13.9 Å². The van der Waals surface area contributed by atoms with E-state index in [1.54, 1.807) is 50.2 Å². The van der Waals surface area contributed by atoms with Gasteiger partial charge in [0.1, 0.15) is 24.8 Å². The summed E-state index contributed by atoms with van der Waals surface area (Å²) in [4.78, 5) is 16.9. The first kappa shape index (κ1) is 25.0. The third-order valence-electron chi connectivity index (χ3n) is 5.28. The number of rotatable bonds is 11. The first-order chi connectivity index (χ1) is 15.8. The zero-order valence-corrected chi connectivity index (χ0v) is 20.5. The van der Waals surface area contributed by atoms with Crippen molar-refractivity contribution in [2.24, 2.45) is 7.05 Å². The molecule has 3 rings (SSSR count). The van der Waals surface area contributed by atoms with Gasteiger partial charge in [0.15, 0.2) is 0 Å². The lowest BCUT2D eigenvalue weighted by molar-refractivity contribution is -0.144. The Morgan fingerprint density at radius 1 is 1.12 bits per heavy atom. The summed E-state index contributed by atoms with van der Waals surface area (Å²) in [7, 11) is -1.73. The molecule has 0 fully saturated rings. The van der Waals surface area contributed by atoms with Gasteiger partial charge in [0, 0.05) is 26.6 Å². The largest absolute Gasteiger partial charge is 0.488 e. The van der Waals surface area contributed by atoms with E-state index in [4.69, 9.17) is 21.1 Å². The second-order valence-corrected chi connectivity index (χ2v) is 9.67. The maximum Gasteiger partial charge on any atom is 0.306 e. The molecule has 0 aliphatic carbocycles. The zero-order chi connectivity index (χ0) is 24.0. The number of esters is 1. The first-order valence-electron chi connectivity index (χ1n) is 10.8. The van der Waals surface area contributed by atoms with Gasteiger partial charge in [-0.15, -0.1) is 0 Å². The number of para-hydroxylation sites is 1. The van der Waals surface area contributed by atoms with Crippen LogP contribution in [0.1, 0.15) is 26.1 Å². The van der Waals surface area contributed by atoms with Gasteiger partial charge < -0.3 is 14.0 Å². The van der Waals surface area contributed by atoms with E-state index < -0.39 is 10.0 Å². The van der Waals surface area contributed by atoms with Crippen LogP contribution in [0.5, 0.6) is 5.75 Å². The number of hydrogen-bond acceptors (Lipinski definition) is 6. The molecule has 0 saturated heterocycles. The Morgan fingerprint density at radius 3 is 2.55 bits per heavy atom. The Balaban J connectivity index is 1.58. The van der Waals surface area contributed by atoms with Crippen LogP contribution >= 0.6 is 11.6 Å². The maximum absolute atomic E-state index is 12.8. The number of ether oxygens (including phenoxy) is 2. The van der Waals surface area contributed by atoms with Crippen molar-refractivity contribution in [2.45, 2.75) is 31.6 Å². The fourth-order valence-electron chi connectivity index (χ4n) is 3.48. The third kappa shape index (κ3) is 5.85. The van der Waals surface area contributed by atoms with E-state index in [0.29, 0.717) is 41.6 Å². The molecule has 0 aliphatic heterocycles. The Bertz CT molecular complexity index is 1220. The lowest BCUT2D eigenvalue weighted by atomic mass is 10.3. The van der Waals surface area contributed by atoms with Crippen molar-refractivity contribution < 1.29 is 22.7 Å². The lowest BCUT2D eigenvalue weighted by Crippen LogP contribution is -2.30. The highest BCUT2D eigenvalue weighted by Gasteiger charge is 2.22. The smallest absolute Gasteiger partial charge is 0.306 e. The molecular weight excluding hydrogens is 466 g/mol. The number of imidazole rings is 1. The number of halogens is 1. The summed E-state index contributed by atoms with van der Waals surface area (Å²) in [6.07, 6.45) is 0.515. The number of carbonyl (C=O) groups is 1. The SMILES string of the molecule is CCN(CC)S(=O)(=O)c1ccc2c(c1)nc(CCC(=O)OCCOc1ccccc1Cl)n2C. The summed E-state index contributed by atoms with van der Waals surface area (Å²) in [5.41, 5.74) is 1.37. The predicted octanol–water partition coefficient (Wildman–Crippen LogP) is 3.81. The zero-order valence-electron chi connectivity index (χ0n) is 19.0. The van der Waals surface area contributed by atoms with E-state index in [9.17, 15) is 13.2 Å². The molecule has 0 atom stereocenters. The number of aryl methyl sites for hydroxylation is 2. The van der Waals surface area contributed by atoms with Gasteiger partial charge in [-0.1, -0.05) is 37.6 Å². The van der Waals surface area contributed by atoms with Crippen molar-refractivity contribution >= 4 is 38.6 Å². The quantitative estimate of drug-likeness (QED) is 0.298. The van der Waals surface area contributed by atoms with Crippen LogP contribution in [0, 0.1) is 0 Å². The average molecular weight is 494 g/mol. The topological polar surface area (TPSA) is 90.7 Å². The molecule has 0 amide bonds. The van der Waals surface area contributed by atoms with E-state index >= 15 is 0 Å². The van der Waals surface area contributed by atoms with Crippen LogP contribution in [-0.2, 0) is 33.0 Å². The molecule has 0 bridgehead atoms. The summed E-state index contributed by atoms with van der Waals surface area (Å²) < 4.78 is 39.6. The van der Waals surface area contributed by atoms with Gasteiger partial charge in [-0.2, -0.15) is 4.31 Å². The summed E-state index contributed by atoms with van der Waals surface area (Å²) in [5, 5.41) is 0.499. The predicted molar refractivity (Wildman–Crippen MR) is 127 cm³/mol.